The Morgan fingerprint density at radius 2 is 1.48 bits per heavy atom. The van der Waals surface area contributed by atoms with Crippen LogP contribution < -0.4 is 15.4 Å². The van der Waals surface area contributed by atoms with Gasteiger partial charge in [0.2, 0.25) is 0 Å². The molecular formula is C20H24N2O3. The van der Waals surface area contributed by atoms with Gasteiger partial charge in [0.25, 0.3) is 11.8 Å². The number of anilines is 1. The average molecular weight is 340 g/mol. The molecule has 5 heteroatoms. The van der Waals surface area contributed by atoms with Gasteiger partial charge in [-0.3, -0.25) is 9.59 Å². The summed E-state index contributed by atoms with van der Waals surface area (Å²) in [4.78, 5) is 24.2. The fraction of sp³-hybridized carbons (Fsp3) is 0.300. The minimum atomic E-state index is -0.205. The summed E-state index contributed by atoms with van der Waals surface area (Å²) in [6.07, 6.45) is 2.00. The number of rotatable bonds is 8. The molecule has 0 unspecified atom stereocenters. The summed E-state index contributed by atoms with van der Waals surface area (Å²) in [6, 6.07) is 13.8. The van der Waals surface area contributed by atoms with Crippen molar-refractivity contribution in [1.82, 2.24) is 5.32 Å². The number of benzene rings is 2. The lowest BCUT2D eigenvalue weighted by molar-refractivity contribution is 0.0952. The molecule has 0 saturated heterocycles. The van der Waals surface area contributed by atoms with Gasteiger partial charge in [-0.2, -0.15) is 0 Å². The van der Waals surface area contributed by atoms with Crippen LogP contribution in [0.5, 0.6) is 5.75 Å². The molecule has 0 aromatic heterocycles. The number of carbonyl (C=O) groups excluding carboxylic acids is 2. The summed E-state index contributed by atoms with van der Waals surface area (Å²) >= 11 is 0. The van der Waals surface area contributed by atoms with Crippen LogP contribution in [0.1, 0.15) is 47.4 Å². The van der Waals surface area contributed by atoms with Gasteiger partial charge >= 0.3 is 0 Å². The maximum Gasteiger partial charge on any atom is 0.255 e. The lowest BCUT2D eigenvalue weighted by atomic mass is 10.1. The van der Waals surface area contributed by atoms with Crippen molar-refractivity contribution < 1.29 is 14.3 Å². The first-order valence-corrected chi connectivity index (χ1v) is 8.56. The number of hydrogen-bond acceptors (Lipinski definition) is 3. The molecule has 0 saturated carbocycles. The van der Waals surface area contributed by atoms with Crippen LogP contribution in [0.3, 0.4) is 0 Å². The van der Waals surface area contributed by atoms with E-state index in [0.717, 1.165) is 18.6 Å². The molecule has 0 spiro atoms. The van der Waals surface area contributed by atoms with E-state index in [1.807, 2.05) is 6.92 Å². The standard InChI is InChI=1S/C20H24N2O3/c1-3-5-14-21-19(23)15-6-10-17(11-7-15)22-20(24)16-8-12-18(13-9-16)25-4-2/h6-13H,3-5,14H2,1-2H3,(H,21,23)(H,22,24). The molecule has 0 aliphatic heterocycles. The van der Waals surface area contributed by atoms with Crippen molar-refractivity contribution in [2.45, 2.75) is 26.7 Å². The number of amides is 2. The Morgan fingerprint density at radius 3 is 2.08 bits per heavy atom. The lowest BCUT2D eigenvalue weighted by Crippen LogP contribution is -2.24. The van der Waals surface area contributed by atoms with Crippen molar-refractivity contribution in [1.29, 1.82) is 0 Å². The van der Waals surface area contributed by atoms with Gasteiger partial charge in [-0.1, -0.05) is 13.3 Å². The van der Waals surface area contributed by atoms with E-state index in [1.165, 1.54) is 0 Å². The molecule has 0 aliphatic rings. The molecule has 0 atom stereocenters. The highest BCUT2D eigenvalue weighted by molar-refractivity contribution is 6.04. The summed E-state index contributed by atoms with van der Waals surface area (Å²) < 4.78 is 5.36. The van der Waals surface area contributed by atoms with E-state index in [0.29, 0.717) is 30.0 Å². The summed E-state index contributed by atoms with van der Waals surface area (Å²) in [5.41, 5.74) is 1.77. The van der Waals surface area contributed by atoms with Crippen LogP contribution in [-0.4, -0.2) is 25.0 Å². The van der Waals surface area contributed by atoms with Crippen molar-refractivity contribution in [3.63, 3.8) is 0 Å². The van der Waals surface area contributed by atoms with Crippen LogP contribution in [0.4, 0.5) is 5.69 Å². The lowest BCUT2D eigenvalue weighted by Gasteiger charge is -2.08. The molecule has 0 aliphatic carbocycles. The fourth-order valence-electron chi connectivity index (χ4n) is 2.26. The zero-order valence-electron chi connectivity index (χ0n) is 14.7. The zero-order valence-corrected chi connectivity index (χ0v) is 14.7. The van der Waals surface area contributed by atoms with Gasteiger partial charge in [0.1, 0.15) is 5.75 Å². The third-order valence-electron chi connectivity index (χ3n) is 3.65. The van der Waals surface area contributed by atoms with Gasteiger partial charge < -0.3 is 15.4 Å². The van der Waals surface area contributed by atoms with E-state index >= 15 is 0 Å². The molecule has 0 bridgehead atoms. The molecular weight excluding hydrogens is 316 g/mol. The van der Waals surface area contributed by atoms with E-state index in [9.17, 15) is 9.59 Å². The number of carbonyl (C=O) groups is 2. The van der Waals surface area contributed by atoms with Crippen molar-refractivity contribution >= 4 is 17.5 Å². The van der Waals surface area contributed by atoms with Gasteiger partial charge in [-0.05, 0) is 61.9 Å². The predicted molar refractivity (Wildman–Crippen MR) is 99.2 cm³/mol. The minimum absolute atomic E-state index is 0.0992. The van der Waals surface area contributed by atoms with Crippen LogP contribution >= 0.6 is 0 Å². The third kappa shape index (κ3) is 5.64. The molecule has 2 rings (SSSR count). The number of hydrogen-bond donors (Lipinski definition) is 2. The van der Waals surface area contributed by atoms with Gasteiger partial charge in [0.15, 0.2) is 0 Å². The highest BCUT2D eigenvalue weighted by Gasteiger charge is 2.08. The van der Waals surface area contributed by atoms with E-state index in [1.54, 1.807) is 48.5 Å². The highest BCUT2D eigenvalue weighted by atomic mass is 16.5. The van der Waals surface area contributed by atoms with Crippen LogP contribution in [0.25, 0.3) is 0 Å². The van der Waals surface area contributed by atoms with Gasteiger partial charge in [0, 0.05) is 23.4 Å². The van der Waals surface area contributed by atoms with Gasteiger partial charge in [-0.25, -0.2) is 0 Å². The van der Waals surface area contributed by atoms with Crippen LogP contribution in [0.2, 0.25) is 0 Å². The van der Waals surface area contributed by atoms with Crippen LogP contribution in [-0.2, 0) is 0 Å². The Balaban J connectivity index is 1.93. The summed E-state index contributed by atoms with van der Waals surface area (Å²) in [5, 5.41) is 5.68. The molecule has 0 radical (unpaired) electrons. The second-order valence-corrected chi connectivity index (χ2v) is 5.60. The Bertz CT molecular complexity index is 694. The average Bonchev–Trinajstić information content (AvgIpc) is 2.63. The van der Waals surface area contributed by atoms with Crippen molar-refractivity contribution in [2.75, 3.05) is 18.5 Å². The summed E-state index contributed by atoms with van der Waals surface area (Å²) in [6.45, 7) is 5.25. The molecule has 0 fully saturated rings. The van der Waals surface area contributed by atoms with Gasteiger partial charge in [0.05, 0.1) is 6.61 Å². The van der Waals surface area contributed by atoms with Crippen LogP contribution in [0, 0.1) is 0 Å². The fourth-order valence-corrected chi connectivity index (χ4v) is 2.26. The summed E-state index contributed by atoms with van der Waals surface area (Å²) in [7, 11) is 0. The molecule has 132 valence electrons. The number of nitrogens with one attached hydrogen (secondary N) is 2. The molecule has 0 heterocycles. The number of ether oxygens (including phenoxy) is 1. The second kappa shape index (κ2) is 9.47. The smallest absolute Gasteiger partial charge is 0.255 e. The first kappa shape index (κ1) is 18.5. The van der Waals surface area contributed by atoms with E-state index in [2.05, 4.69) is 17.6 Å². The molecule has 25 heavy (non-hydrogen) atoms. The summed E-state index contributed by atoms with van der Waals surface area (Å²) in [5.74, 6) is 0.429. The Hall–Kier alpha value is -2.82. The van der Waals surface area contributed by atoms with Gasteiger partial charge in [-0.15, -0.1) is 0 Å². The van der Waals surface area contributed by atoms with E-state index in [-0.39, 0.29) is 11.8 Å². The second-order valence-electron chi connectivity index (χ2n) is 5.60. The van der Waals surface area contributed by atoms with Crippen molar-refractivity contribution in [3.05, 3.63) is 59.7 Å². The normalized spacial score (nSPS) is 10.2. The third-order valence-corrected chi connectivity index (χ3v) is 3.65. The number of unbranched alkanes of at least 4 members (excludes halogenated alkanes) is 1. The first-order chi connectivity index (χ1) is 12.1. The first-order valence-electron chi connectivity index (χ1n) is 8.56. The maximum absolute atomic E-state index is 12.2. The van der Waals surface area contributed by atoms with Crippen molar-refractivity contribution in [2.24, 2.45) is 0 Å². The Kier molecular flexibility index (Phi) is 7.01. The van der Waals surface area contributed by atoms with E-state index in [4.69, 9.17) is 4.74 Å². The van der Waals surface area contributed by atoms with E-state index < -0.39 is 0 Å². The Morgan fingerprint density at radius 1 is 0.880 bits per heavy atom. The molecule has 2 aromatic rings. The maximum atomic E-state index is 12.2. The largest absolute Gasteiger partial charge is 0.494 e. The van der Waals surface area contributed by atoms with Crippen molar-refractivity contribution in [3.8, 4) is 5.75 Å². The highest BCUT2D eigenvalue weighted by Crippen LogP contribution is 2.15. The molecule has 2 aromatic carbocycles. The quantitative estimate of drug-likeness (QED) is 0.717. The Labute approximate surface area is 148 Å². The molecule has 5 nitrogen and oxygen atoms in total. The monoisotopic (exact) mass is 340 g/mol. The zero-order chi connectivity index (χ0) is 18.1. The van der Waals surface area contributed by atoms with Crippen LogP contribution in [0.15, 0.2) is 48.5 Å². The topological polar surface area (TPSA) is 67.4 Å². The SMILES string of the molecule is CCCCNC(=O)c1ccc(NC(=O)c2ccc(OCC)cc2)cc1. The minimum Gasteiger partial charge on any atom is -0.494 e. The molecule has 2 N–H and O–H groups in total. The predicted octanol–water partition coefficient (Wildman–Crippen LogP) is 3.87. The molecule has 2 amide bonds.